The number of aryl methyl sites for hydroxylation is 1. The number of hydrogen-bond acceptors (Lipinski definition) is 6. The number of hydrogen-bond donors (Lipinski definition) is 0. The Morgan fingerprint density at radius 3 is 2.53 bits per heavy atom. The summed E-state index contributed by atoms with van der Waals surface area (Å²) in [6.07, 6.45) is 6.57. The molecule has 1 aliphatic heterocycles. The fourth-order valence-corrected chi connectivity index (χ4v) is 6.71. The van der Waals surface area contributed by atoms with Crippen LogP contribution in [0, 0.1) is 19.3 Å². The molecule has 0 radical (unpaired) electrons. The molecule has 0 saturated carbocycles. The highest BCUT2D eigenvalue weighted by Gasteiger charge is 2.39. The number of terminal acetylenes is 1. The number of carbonyl (C=O) groups is 1. The first-order chi connectivity index (χ1) is 16.3. The number of amides is 1. The average molecular weight is 500 g/mol. The van der Waals surface area contributed by atoms with E-state index in [9.17, 15) is 13.2 Å². The van der Waals surface area contributed by atoms with Crippen molar-refractivity contribution in [3.63, 3.8) is 0 Å². The van der Waals surface area contributed by atoms with Crippen LogP contribution in [0.25, 0.3) is 10.2 Å². The van der Waals surface area contributed by atoms with Crippen molar-refractivity contribution in [2.45, 2.75) is 37.2 Å². The van der Waals surface area contributed by atoms with Crippen molar-refractivity contribution in [1.82, 2.24) is 8.87 Å². The summed E-state index contributed by atoms with van der Waals surface area (Å²) >= 11 is 1.28. The highest BCUT2D eigenvalue weighted by molar-refractivity contribution is 7.89. The second kappa shape index (κ2) is 9.62. The summed E-state index contributed by atoms with van der Waals surface area (Å²) in [5.41, 5.74) is 1.71. The Hall–Kier alpha value is -3.13. The third kappa shape index (κ3) is 4.34. The van der Waals surface area contributed by atoms with Crippen molar-refractivity contribution in [3.8, 4) is 23.8 Å². The van der Waals surface area contributed by atoms with Crippen LogP contribution in [0.15, 0.2) is 46.3 Å². The molecule has 0 bridgehead atoms. The largest absolute Gasteiger partial charge is 0.493 e. The summed E-state index contributed by atoms with van der Waals surface area (Å²) in [5, 5.41) is 0. The predicted octanol–water partition coefficient (Wildman–Crippen LogP) is 2.94. The lowest BCUT2D eigenvalue weighted by Gasteiger charge is -2.21. The monoisotopic (exact) mass is 499 g/mol. The number of ether oxygens (including phenoxy) is 2. The molecule has 10 heteroatoms. The number of carbonyl (C=O) groups excluding carboxylic acids is 1. The van der Waals surface area contributed by atoms with Crippen LogP contribution in [0.2, 0.25) is 0 Å². The second-order valence-corrected chi connectivity index (χ2v) is 10.8. The van der Waals surface area contributed by atoms with E-state index in [0.29, 0.717) is 29.1 Å². The zero-order chi connectivity index (χ0) is 24.5. The summed E-state index contributed by atoms with van der Waals surface area (Å²) in [7, 11) is -0.734. The third-order valence-corrected chi connectivity index (χ3v) is 8.72. The molecule has 34 heavy (non-hydrogen) atoms. The van der Waals surface area contributed by atoms with Gasteiger partial charge in [0.15, 0.2) is 16.3 Å². The van der Waals surface area contributed by atoms with Crippen molar-refractivity contribution >= 4 is 37.5 Å². The Morgan fingerprint density at radius 1 is 1.21 bits per heavy atom. The Bertz CT molecular complexity index is 1450. The molecular weight excluding hydrogens is 474 g/mol. The Kier molecular flexibility index (Phi) is 6.79. The molecule has 1 aliphatic rings. The van der Waals surface area contributed by atoms with Gasteiger partial charge < -0.3 is 14.0 Å². The Balaban J connectivity index is 1.75. The molecule has 1 aromatic heterocycles. The first kappa shape index (κ1) is 24.0. The molecule has 2 heterocycles. The van der Waals surface area contributed by atoms with E-state index in [0.717, 1.165) is 15.8 Å². The zero-order valence-electron chi connectivity index (χ0n) is 19.1. The molecule has 1 unspecified atom stereocenters. The van der Waals surface area contributed by atoms with E-state index in [4.69, 9.17) is 15.9 Å². The standard InChI is InChI=1S/C24H25N3O5S2/c1-5-12-26-19-14-20(31-3)21(32-4)15-22(19)33-24(26)25-23(28)18-7-6-13-27(18)34(29,30)17-10-8-16(2)9-11-17/h1,8-11,14-15,18H,6-7,12-13H2,2-4H3. The van der Waals surface area contributed by atoms with Crippen molar-refractivity contribution in [2.24, 2.45) is 4.99 Å². The van der Waals surface area contributed by atoms with Crippen LogP contribution < -0.4 is 14.3 Å². The molecule has 0 aliphatic carbocycles. The van der Waals surface area contributed by atoms with Gasteiger partial charge in [0.2, 0.25) is 10.0 Å². The van der Waals surface area contributed by atoms with Gasteiger partial charge in [-0.15, -0.1) is 6.42 Å². The molecule has 1 fully saturated rings. The maximum Gasteiger partial charge on any atom is 0.266 e. The second-order valence-electron chi connectivity index (χ2n) is 7.89. The number of fused-ring (bicyclic) bond motifs is 1. The van der Waals surface area contributed by atoms with Crippen molar-refractivity contribution < 1.29 is 22.7 Å². The zero-order valence-corrected chi connectivity index (χ0v) is 20.8. The van der Waals surface area contributed by atoms with E-state index in [1.54, 1.807) is 55.2 Å². The van der Waals surface area contributed by atoms with E-state index in [1.807, 2.05) is 6.92 Å². The van der Waals surface area contributed by atoms with Gasteiger partial charge in [-0.2, -0.15) is 9.30 Å². The van der Waals surface area contributed by atoms with Gasteiger partial charge in [0, 0.05) is 18.7 Å². The van der Waals surface area contributed by atoms with Crippen molar-refractivity contribution in [2.75, 3.05) is 20.8 Å². The van der Waals surface area contributed by atoms with Gasteiger partial charge in [0.1, 0.15) is 6.04 Å². The van der Waals surface area contributed by atoms with Gasteiger partial charge in [-0.1, -0.05) is 35.0 Å². The number of benzene rings is 2. The molecule has 3 aromatic rings. The quantitative estimate of drug-likeness (QED) is 0.487. The van der Waals surface area contributed by atoms with E-state index in [2.05, 4.69) is 10.9 Å². The fraction of sp³-hybridized carbons (Fsp3) is 0.333. The molecule has 1 saturated heterocycles. The van der Waals surface area contributed by atoms with Crippen LogP contribution in [-0.2, 0) is 21.4 Å². The minimum Gasteiger partial charge on any atom is -0.493 e. The first-order valence-corrected chi connectivity index (χ1v) is 12.9. The summed E-state index contributed by atoms with van der Waals surface area (Å²) < 4.78 is 41.1. The number of sulfonamides is 1. The normalized spacial score (nSPS) is 17.1. The van der Waals surface area contributed by atoms with E-state index in [-0.39, 0.29) is 18.0 Å². The molecule has 0 spiro atoms. The van der Waals surface area contributed by atoms with Gasteiger partial charge >= 0.3 is 0 Å². The van der Waals surface area contributed by atoms with Crippen LogP contribution in [-0.4, -0.2) is 50.0 Å². The van der Waals surface area contributed by atoms with E-state index in [1.165, 1.54) is 15.6 Å². The summed E-state index contributed by atoms with van der Waals surface area (Å²) in [4.78, 5) is 18.2. The van der Waals surface area contributed by atoms with E-state index < -0.39 is 22.0 Å². The van der Waals surface area contributed by atoms with Gasteiger partial charge in [0.05, 0.1) is 35.9 Å². The van der Waals surface area contributed by atoms with Crippen LogP contribution in [0.1, 0.15) is 18.4 Å². The minimum absolute atomic E-state index is 0.168. The number of rotatable bonds is 6. The SMILES string of the molecule is C#CCn1c(=NC(=O)C2CCCN2S(=O)(=O)c2ccc(C)cc2)sc2cc(OC)c(OC)cc21. The number of nitrogens with zero attached hydrogens (tertiary/aromatic N) is 3. The van der Waals surface area contributed by atoms with Crippen molar-refractivity contribution in [3.05, 3.63) is 46.8 Å². The predicted molar refractivity (Wildman–Crippen MR) is 130 cm³/mol. The molecule has 2 aromatic carbocycles. The summed E-state index contributed by atoms with van der Waals surface area (Å²) in [6.45, 7) is 2.35. The van der Waals surface area contributed by atoms with Crippen molar-refractivity contribution in [1.29, 1.82) is 0 Å². The van der Waals surface area contributed by atoms with Crippen LogP contribution >= 0.6 is 11.3 Å². The average Bonchev–Trinajstić information content (AvgIpc) is 3.44. The van der Waals surface area contributed by atoms with E-state index >= 15 is 0 Å². The Labute approximate surface area is 202 Å². The number of thiazole rings is 1. The number of methoxy groups -OCH3 is 2. The molecule has 1 atom stereocenters. The lowest BCUT2D eigenvalue weighted by atomic mass is 10.2. The Morgan fingerprint density at radius 2 is 1.88 bits per heavy atom. The summed E-state index contributed by atoms with van der Waals surface area (Å²) in [6, 6.07) is 9.35. The van der Waals surface area contributed by atoms with Gasteiger partial charge in [-0.25, -0.2) is 8.42 Å². The molecule has 178 valence electrons. The molecule has 4 rings (SSSR count). The van der Waals surface area contributed by atoms with Gasteiger partial charge in [-0.05, 0) is 31.9 Å². The number of aromatic nitrogens is 1. The topological polar surface area (TPSA) is 90.2 Å². The first-order valence-electron chi connectivity index (χ1n) is 10.7. The minimum atomic E-state index is -3.82. The lowest BCUT2D eigenvalue weighted by molar-refractivity contribution is -0.121. The van der Waals surface area contributed by atoms with Gasteiger partial charge in [0.25, 0.3) is 5.91 Å². The van der Waals surface area contributed by atoms with Crippen LogP contribution in [0.5, 0.6) is 11.5 Å². The lowest BCUT2D eigenvalue weighted by Crippen LogP contribution is -2.40. The van der Waals surface area contributed by atoms with Crippen LogP contribution in [0.3, 0.4) is 0 Å². The molecular formula is C24H25N3O5S2. The highest BCUT2D eigenvalue weighted by Crippen LogP contribution is 2.33. The highest BCUT2D eigenvalue weighted by atomic mass is 32.2. The molecule has 8 nitrogen and oxygen atoms in total. The maximum atomic E-state index is 13.3. The maximum absolute atomic E-state index is 13.3. The smallest absolute Gasteiger partial charge is 0.266 e. The summed E-state index contributed by atoms with van der Waals surface area (Å²) in [5.74, 6) is 3.16. The van der Waals surface area contributed by atoms with Crippen LogP contribution in [0.4, 0.5) is 0 Å². The molecule has 0 N–H and O–H groups in total. The fourth-order valence-electron chi connectivity index (χ4n) is 4.02. The third-order valence-electron chi connectivity index (χ3n) is 5.76. The van der Waals surface area contributed by atoms with Gasteiger partial charge in [-0.3, -0.25) is 4.79 Å². The molecule has 1 amide bonds.